The van der Waals surface area contributed by atoms with E-state index in [0.717, 1.165) is 53.4 Å². The van der Waals surface area contributed by atoms with E-state index in [0.29, 0.717) is 14.3 Å². The quantitative estimate of drug-likeness (QED) is 0.517. The van der Waals surface area contributed by atoms with Gasteiger partial charge in [-0.25, -0.2) is 4.39 Å². The summed E-state index contributed by atoms with van der Waals surface area (Å²) in [5.41, 5.74) is 3.03. The van der Waals surface area contributed by atoms with Gasteiger partial charge in [0.25, 0.3) is 0 Å². The van der Waals surface area contributed by atoms with Crippen LogP contribution in [0.3, 0.4) is 0 Å². The number of anilines is 1. The van der Waals surface area contributed by atoms with Gasteiger partial charge in [0.15, 0.2) is 0 Å². The van der Waals surface area contributed by atoms with Crippen LogP contribution in [0.5, 0.6) is 5.75 Å². The number of phenols is 1. The van der Waals surface area contributed by atoms with E-state index in [1.54, 1.807) is 6.07 Å². The van der Waals surface area contributed by atoms with Crippen LogP contribution in [0.25, 0.3) is 0 Å². The second-order valence-electron chi connectivity index (χ2n) is 6.38. The van der Waals surface area contributed by atoms with E-state index in [2.05, 4.69) is 4.90 Å². The number of nitrogens with zero attached hydrogens (tertiary/aromatic N) is 1. The first-order valence-corrected chi connectivity index (χ1v) is 13.8. The van der Waals surface area contributed by atoms with E-state index in [-0.39, 0.29) is 5.82 Å². The van der Waals surface area contributed by atoms with Crippen molar-refractivity contribution in [1.82, 2.24) is 0 Å². The van der Waals surface area contributed by atoms with Crippen molar-refractivity contribution in [3.05, 3.63) is 47.3 Å². The van der Waals surface area contributed by atoms with Crippen molar-refractivity contribution in [1.29, 1.82) is 0 Å². The Labute approximate surface area is 173 Å². The molecule has 7 heteroatoms. The fourth-order valence-corrected chi connectivity index (χ4v) is 4.64. The topological polar surface area (TPSA) is 23.5 Å². The van der Waals surface area contributed by atoms with Gasteiger partial charge in [-0.3, -0.25) is 0 Å². The number of rotatable bonds is 3. The minimum atomic E-state index is -0.556. The van der Waals surface area contributed by atoms with Crippen LogP contribution in [0.2, 0.25) is 0 Å². The molecule has 0 saturated carbocycles. The van der Waals surface area contributed by atoms with Gasteiger partial charge in [-0.1, -0.05) is 14.6 Å². The molecule has 140 valence electrons. The molecule has 0 amide bonds. The molecule has 2 nitrogen and oxygen atoms in total. The van der Waals surface area contributed by atoms with Crippen molar-refractivity contribution < 1.29 is 26.5 Å². The molecule has 0 aromatic heterocycles. The Hall–Kier alpha value is -0.306. The summed E-state index contributed by atoms with van der Waals surface area (Å²) >= 11 is -0.556. The summed E-state index contributed by atoms with van der Waals surface area (Å²) in [7, 11) is 10.1. The molecule has 1 aliphatic rings. The summed E-state index contributed by atoms with van der Waals surface area (Å²) in [6, 6.07) is 9.06. The second kappa shape index (κ2) is 10.9. The van der Waals surface area contributed by atoms with Crippen molar-refractivity contribution >= 4 is 43.5 Å². The monoisotopic (exact) mass is 449 g/mol. The molecule has 1 aliphatic heterocycles. The van der Waals surface area contributed by atoms with Crippen LogP contribution in [0.1, 0.15) is 30.4 Å². The number of aryl methyl sites for hydroxylation is 2. The number of phenolic OH excluding ortho intramolecular Hbond substituents is 1. The molecule has 26 heavy (non-hydrogen) atoms. The zero-order chi connectivity index (χ0) is 19.1. The van der Waals surface area contributed by atoms with Gasteiger partial charge >= 0.3 is 35.6 Å². The van der Waals surface area contributed by atoms with Crippen LogP contribution >= 0.6 is 27.2 Å². The van der Waals surface area contributed by atoms with Gasteiger partial charge in [0.2, 0.25) is 0 Å². The third-order valence-corrected chi connectivity index (χ3v) is 5.71. The molecule has 0 aliphatic carbocycles. The molecular formula is C19H23Cl2FNOPTi. The molecule has 2 aromatic rings. The van der Waals surface area contributed by atoms with Crippen LogP contribution in [0.15, 0.2) is 30.3 Å². The van der Waals surface area contributed by atoms with E-state index >= 15 is 0 Å². The zero-order valence-corrected chi connectivity index (χ0v) is 19.0. The maximum absolute atomic E-state index is 13.8. The molecule has 1 N–H and O–H groups in total. The van der Waals surface area contributed by atoms with Crippen molar-refractivity contribution in [2.24, 2.45) is 0 Å². The predicted molar refractivity (Wildman–Crippen MR) is 109 cm³/mol. The normalized spacial score (nSPS) is 14.3. The number of hydrogen-bond donors (Lipinski definition) is 1. The van der Waals surface area contributed by atoms with Crippen LogP contribution < -0.4 is 15.5 Å². The van der Waals surface area contributed by atoms with Gasteiger partial charge in [-0.2, -0.15) is 0 Å². The van der Waals surface area contributed by atoms with Gasteiger partial charge in [0.05, 0.1) is 0 Å². The first-order valence-electron chi connectivity index (χ1n) is 8.54. The molecule has 1 heterocycles. The molecule has 1 saturated heterocycles. The summed E-state index contributed by atoms with van der Waals surface area (Å²) in [5.74, 6) is 0.173. The number of halogens is 3. The molecule has 1 fully saturated rings. The van der Waals surface area contributed by atoms with E-state index in [1.165, 1.54) is 12.5 Å². The second-order valence-corrected chi connectivity index (χ2v) is 10.3. The SMILES string of the molecule is Cc1cc(C)c(O)c(Pc2ccc(F)cc2N2CCCCC2)c1.[Cl][Ti][Cl]. The van der Waals surface area contributed by atoms with E-state index in [4.69, 9.17) is 18.6 Å². The number of piperidine rings is 1. The first kappa shape index (κ1) is 22.0. The van der Waals surface area contributed by atoms with Crippen LogP contribution in [-0.2, 0) is 17.0 Å². The Morgan fingerprint density at radius 1 is 1.04 bits per heavy atom. The van der Waals surface area contributed by atoms with Gasteiger partial charge in [0.1, 0.15) is 11.6 Å². The van der Waals surface area contributed by atoms with Gasteiger partial charge in [-0.05, 0) is 68.5 Å². The van der Waals surface area contributed by atoms with Gasteiger partial charge in [-0.15, -0.1) is 0 Å². The fourth-order valence-electron chi connectivity index (χ4n) is 3.21. The predicted octanol–water partition coefficient (Wildman–Crippen LogP) is 5.14. The molecule has 1 atom stereocenters. The van der Waals surface area contributed by atoms with E-state index < -0.39 is 17.0 Å². The molecule has 3 rings (SSSR count). The summed E-state index contributed by atoms with van der Waals surface area (Å²) in [4.78, 5) is 2.29. The number of hydrogen-bond acceptors (Lipinski definition) is 2. The molecular weight excluding hydrogens is 427 g/mol. The zero-order valence-electron chi connectivity index (χ0n) is 15.0. The third-order valence-electron chi connectivity index (χ3n) is 4.37. The average Bonchev–Trinajstić information content (AvgIpc) is 2.62. The van der Waals surface area contributed by atoms with Crippen molar-refractivity contribution in [2.75, 3.05) is 18.0 Å². The Balaban J connectivity index is 0.000000758. The summed E-state index contributed by atoms with van der Waals surface area (Å²) in [5, 5.41) is 12.4. The van der Waals surface area contributed by atoms with Crippen molar-refractivity contribution in [3.8, 4) is 5.75 Å². The Morgan fingerprint density at radius 2 is 1.69 bits per heavy atom. The van der Waals surface area contributed by atoms with Gasteiger partial charge in [0, 0.05) is 29.4 Å². The molecule has 1 unspecified atom stereocenters. The first-order chi connectivity index (χ1) is 12.5. The number of aromatic hydroxyl groups is 1. The third kappa shape index (κ3) is 6.11. The Morgan fingerprint density at radius 3 is 2.35 bits per heavy atom. The van der Waals surface area contributed by atoms with Gasteiger partial charge < -0.3 is 10.0 Å². The summed E-state index contributed by atoms with van der Waals surface area (Å²) in [6.45, 7) is 5.93. The Bertz CT molecular complexity index is 742. The molecule has 2 aromatic carbocycles. The van der Waals surface area contributed by atoms with E-state index in [9.17, 15) is 9.50 Å². The summed E-state index contributed by atoms with van der Waals surface area (Å²) < 4.78 is 13.8. The van der Waals surface area contributed by atoms with Crippen LogP contribution in [-0.4, -0.2) is 18.2 Å². The van der Waals surface area contributed by atoms with E-state index in [1.807, 2.05) is 32.0 Å². The van der Waals surface area contributed by atoms with Crippen molar-refractivity contribution in [3.63, 3.8) is 0 Å². The Kier molecular flexibility index (Phi) is 9.20. The molecule has 0 radical (unpaired) electrons. The molecule has 0 bridgehead atoms. The standard InChI is InChI=1S/C19H23FNOP.2ClH.Ti/c1-13-10-14(2)19(22)18(11-13)23-17-7-6-15(20)12-16(17)21-8-4-3-5-9-21;;;/h6-7,10-12,22-23H,3-5,8-9H2,1-2H3;2*1H;/q;;;+2/p-2. The number of benzene rings is 2. The fraction of sp³-hybridized carbons (Fsp3) is 0.368. The maximum atomic E-state index is 13.8. The minimum absolute atomic E-state index is 0.191. The van der Waals surface area contributed by atoms with Crippen LogP contribution in [0.4, 0.5) is 10.1 Å². The molecule has 0 spiro atoms. The average molecular weight is 450 g/mol. The summed E-state index contributed by atoms with van der Waals surface area (Å²) in [6.07, 6.45) is 3.57. The van der Waals surface area contributed by atoms with Crippen molar-refractivity contribution in [2.45, 2.75) is 33.1 Å². The van der Waals surface area contributed by atoms with Crippen LogP contribution in [0, 0.1) is 19.7 Å².